The second kappa shape index (κ2) is 10.2. The van der Waals surface area contributed by atoms with E-state index in [0.717, 1.165) is 22.2 Å². The summed E-state index contributed by atoms with van der Waals surface area (Å²) < 4.78 is 47.8. The summed E-state index contributed by atoms with van der Waals surface area (Å²) in [7, 11) is -2.17. The van der Waals surface area contributed by atoms with Crippen molar-refractivity contribution in [2.24, 2.45) is 0 Å². The number of anilines is 1. The highest BCUT2D eigenvalue weighted by molar-refractivity contribution is 7.92. The lowest BCUT2D eigenvalue weighted by Crippen LogP contribution is -2.18. The second-order valence-corrected chi connectivity index (χ2v) is 11.5. The maximum atomic E-state index is 13.6. The zero-order valence-electron chi connectivity index (χ0n) is 22.2. The van der Waals surface area contributed by atoms with Gasteiger partial charge in [0.05, 0.1) is 22.7 Å². The van der Waals surface area contributed by atoms with E-state index >= 15 is 0 Å². The highest BCUT2D eigenvalue weighted by Crippen LogP contribution is 2.40. The number of carbonyl (C=O) groups excluding carboxylic acids is 1. The number of halogens is 1. The molecule has 206 valence electrons. The predicted octanol–water partition coefficient (Wildman–Crippen LogP) is 6.57. The number of aromatic nitrogens is 2. The SMILES string of the molecule is CCS(=O)(=O)Nc1cc2oc(-c3ccc(F)cc3)c(C(=O)NC)c2cc1-c1cc(-c2cc3ccccc3[nH]2)ccn1. The minimum Gasteiger partial charge on any atom is -0.455 e. The van der Waals surface area contributed by atoms with Gasteiger partial charge in [-0.2, -0.15) is 0 Å². The van der Waals surface area contributed by atoms with Gasteiger partial charge in [-0.05, 0) is 61.5 Å². The third-order valence-corrected chi connectivity index (χ3v) is 8.20. The Balaban J connectivity index is 1.58. The van der Waals surface area contributed by atoms with Gasteiger partial charge in [0, 0.05) is 58.0 Å². The van der Waals surface area contributed by atoms with Crippen molar-refractivity contribution in [3.8, 4) is 33.8 Å². The molecule has 3 aromatic carbocycles. The molecule has 0 atom stereocenters. The van der Waals surface area contributed by atoms with Crippen LogP contribution in [0, 0.1) is 5.82 Å². The molecule has 10 heteroatoms. The van der Waals surface area contributed by atoms with E-state index < -0.39 is 21.7 Å². The molecule has 6 aromatic rings. The molecule has 0 saturated carbocycles. The zero-order chi connectivity index (χ0) is 28.7. The van der Waals surface area contributed by atoms with E-state index in [1.165, 1.54) is 31.3 Å². The number of amides is 1. The van der Waals surface area contributed by atoms with Gasteiger partial charge >= 0.3 is 0 Å². The fourth-order valence-electron chi connectivity index (χ4n) is 4.81. The normalized spacial score (nSPS) is 11.7. The summed E-state index contributed by atoms with van der Waals surface area (Å²) >= 11 is 0. The molecule has 0 spiro atoms. The number of pyridine rings is 1. The molecular formula is C31H25FN4O4S. The largest absolute Gasteiger partial charge is 0.455 e. The Bertz CT molecular complexity index is 2010. The summed E-state index contributed by atoms with van der Waals surface area (Å²) in [5, 5.41) is 4.15. The second-order valence-electron chi connectivity index (χ2n) is 9.49. The minimum absolute atomic E-state index is 0.143. The first-order valence-electron chi connectivity index (χ1n) is 12.9. The van der Waals surface area contributed by atoms with Gasteiger partial charge in [0.15, 0.2) is 0 Å². The number of aromatic amines is 1. The zero-order valence-corrected chi connectivity index (χ0v) is 23.0. The van der Waals surface area contributed by atoms with Crippen LogP contribution in [0.5, 0.6) is 0 Å². The molecule has 0 radical (unpaired) electrons. The van der Waals surface area contributed by atoms with Crippen molar-refractivity contribution in [1.29, 1.82) is 0 Å². The van der Waals surface area contributed by atoms with Gasteiger partial charge < -0.3 is 14.7 Å². The monoisotopic (exact) mass is 568 g/mol. The average Bonchev–Trinajstić information content (AvgIpc) is 3.58. The summed E-state index contributed by atoms with van der Waals surface area (Å²) in [6, 6.07) is 22.5. The van der Waals surface area contributed by atoms with Crippen LogP contribution in [0.15, 0.2) is 89.5 Å². The fourth-order valence-corrected chi connectivity index (χ4v) is 5.46. The number of sulfonamides is 1. The highest BCUT2D eigenvalue weighted by atomic mass is 32.2. The third-order valence-electron chi connectivity index (χ3n) is 6.91. The Labute approximate surface area is 235 Å². The number of fused-ring (bicyclic) bond motifs is 2. The van der Waals surface area contributed by atoms with Gasteiger partial charge in [0.2, 0.25) is 10.0 Å². The molecule has 3 N–H and O–H groups in total. The molecule has 0 aliphatic carbocycles. The standard InChI is InChI=1S/C31H25FN4O4S/c1-3-41(38,39)36-27-17-28-23(29(31(37)33-2)30(40-28)18-8-10-21(32)11-9-18)16-22(27)26-15-20(12-13-34-26)25-14-19-6-4-5-7-24(19)35-25/h4-17,35-36H,3H2,1-2H3,(H,33,37). The lowest BCUT2D eigenvalue weighted by Gasteiger charge is -2.13. The molecule has 0 saturated heterocycles. The number of nitrogens with one attached hydrogen (secondary N) is 3. The quantitative estimate of drug-likeness (QED) is 0.201. The number of hydrogen-bond donors (Lipinski definition) is 3. The highest BCUT2D eigenvalue weighted by Gasteiger charge is 2.25. The van der Waals surface area contributed by atoms with Gasteiger partial charge in [-0.15, -0.1) is 0 Å². The number of nitrogens with zero attached hydrogens (tertiary/aromatic N) is 1. The molecule has 0 fully saturated rings. The summed E-state index contributed by atoms with van der Waals surface area (Å²) in [6.45, 7) is 1.54. The molecule has 0 unspecified atom stereocenters. The molecule has 8 nitrogen and oxygen atoms in total. The van der Waals surface area contributed by atoms with E-state index in [-0.39, 0.29) is 28.3 Å². The van der Waals surface area contributed by atoms with E-state index in [4.69, 9.17) is 4.42 Å². The fraction of sp³-hybridized carbons (Fsp3) is 0.0968. The number of carbonyl (C=O) groups is 1. The van der Waals surface area contributed by atoms with Gasteiger partial charge in [0.25, 0.3) is 5.91 Å². The van der Waals surface area contributed by atoms with Gasteiger partial charge in [-0.3, -0.25) is 14.5 Å². The van der Waals surface area contributed by atoms with E-state index in [0.29, 0.717) is 22.2 Å². The molecule has 1 amide bonds. The Morgan fingerprint density at radius 3 is 2.51 bits per heavy atom. The lowest BCUT2D eigenvalue weighted by atomic mass is 10.00. The van der Waals surface area contributed by atoms with Crippen LogP contribution in [-0.2, 0) is 10.0 Å². The molecule has 0 bridgehead atoms. The van der Waals surface area contributed by atoms with Crippen LogP contribution in [0.4, 0.5) is 10.1 Å². The number of hydrogen-bond acceptors (Lipinski definition) is 5. The summed E-state index contributed by atoms with van der Waals surface area (Å²) in [6.07, 6.45) is 1.65. The maximum absolute atomic E-state index is 13.6. The van der Waals surface area contributed by atoms with Crippen LogP contribution >= 0.6 is 0 Å². The van der Waals surface area contributed by atoms with Crippen LogP contribution in [0.25, 0.3) is 55.7 Å². The van der Waals surface area contributed by atoms with Crippen LogP contribution in [0.2, 0.25) is 0 Å². The van der Waals surface area contributed by atoms with Crippen LogP contribution in [0.1, 0.15) is 17.3 Å². The van der Waals surface area contributed by atoms with E-state index in [1.807, 2.05) is 42.5 Å². The van der Waals surface area contributed by atoms with Crippen molar-refractivity contribution in [2.45, 2.75) is 6.92 Å². The van der Waals surface area contributed by atoms with Gasteiger partial charge in [0.1, 0.15) is 17.2 Å². The molecule has 6 rings (SSSR count). The maximum Gasteiger partial charge on any atom is 0.255 e. The van der Waals surface area contributed by atoms with Crippen molar-refractivity contribution >= 4 is 43.5 Å². The Morgan fingerprint density at radius 2 is 1.78 bits per heavy atom. The summed E-state index contributed by atoms with van der Waals surface area (Å²) in [4.78, 5) is 21.1. The first-order valence-corrected chi connectivity index (χ1v) is 14.5. The van der Waals surface area contributed by atoms with Crippen molar-refractivity contribution < 1.29 is 22.0 Å². The smallest absolute Gasteiger partial charge is 0.255 e. The lowest BCUT2D eigenvalue weighted by molar-refractivity contribution is 0.0964. The molecule has 0 aliphatic heterocycles. The first kappa shape index (κ1) is 26.3. The first-order chi connectivity index (χ1) is 19.8. The van der Waals surface area contributed by atoms with Gasteiger partial charge in [-0.25, -0.2) is 12.8 Å². The van der Waals surface area contributed by atoms with E-state index in [1.54, 1.807) is 25.3 Å². The average molecular weight is 569 g/mol. The van der Waals surface area contributed by atoms with Crippen LogP contribution in [-0.4, -0.2) is 37.1 Å². The summed E-state index contributed by atoms with van der Waals surface area (Å²) in [5.74, 6) is -0.739. The Hall–Kier alpha value is -4.96. The molecule has 3 heterocycles. The van der Waals surface area contributed by atoms with Crippen molar-refractivity contribution in [1.82, 2.24) is 15.3 Å². The molecule has 0 aliphatic rings. The topological polar surface area (TPSA) is 117 Å². The van der Waals surface area contributed by atoms with Crippen molar-refractivity contribution in [3.05, 3.63) is 96.4 Å². The predicted molar refractivity (Wildman–Crippen MR) is 159 cm³/mol. The van der Waals surface area contributed by atoms with Gasteiger partial charge in [-0.1, -0.05) is 18.2 Å². The molecular weight excluding hydrogens is 543 g/mol. The van der Waals surface area contributed by atoms with Crippen LogP contribution < -0.4 is 10.0 Å². The number of furan rings is 1. The Kier molecular flexibility index (Phi) is 6.55. The van der Waals surface area contributed by atoms with E-state index in [9.17, 15) is 17.6 Å². The minimum atomic E-state index is -3.68. The number of rotatable bonds is 7. The number of benzene rings is 3. The number of H-pyrrole nitrogens is 1. The Morgan fingerprint density at radius 1 is 1.00 bits per heavy atom. The summed E-state index contributed by atoms with van der Waals surface area (Å²) in [5.41, 5.74) is 4.94. The van der Waals surface area contributed by atoms with E-state index in [2.05, 4.69) is 20.0 Å². The third kappa shape index (κ3) is 4.93. The van der Waals surface area contributed by atoms with Crippen LogP contribution in [0.3, 0.4) is 0 Å². The van der Waals surface area contributed by atoms with Crippen molar-refractivity contribution in [2.75, 3.05) is 17.5 Å². The molecule has 3 aromatic heterocycles. The van der Waals surface area contributed by atoms with Crippen molar-refractivity contribution in [3.63, 3.8) is 0 Å². The molecule has 41 heavy (non-hydrogen) atoms. The number of para-hydroxylation sites is 1.